The lowest BCUT2D eigenvalue weighted by molar-refractivity contribution is -0.127. The van der Waals surface area contributed by atoms with Gasteiger partial charge in [0.05, 0.1) is 31.1 Å². The van der Waals surface area contributed by atoms with Gasteiger partial charge in [0, 0.05) is 19.5 Å². The largest absolute Gasteiger partial charge is 0.467 e. The first kappa shape index (κ1) is 16.6. The summed E-state index contributed by atoms with van der Waals surface area (Å²) in [4.78, 5) is 13.7. The van der Waals surface area contributed by atoms with E-state index in [0.29, 0.717) is 25.4 Å². The van der Waals surface area contributed by atoms with Gasteiger partial charge in [0.15, 0.2) is 5.16 Å². The van der Waals surface area contributed by atoms with Crippen molar-refractivity contribution in [1.29, 1.82) is 5.26 Å². The topological polar surface area (TPSA) is 88.0 Å². The Kier molecular flexibility index (Phi) is 5.20. The van der Waals surface area contributed by atoms with Gasteiger partial charge < -0.3 is 9.32 Å². The van der Waals surface area contributed by atoms with Crippen molar-refractivity contribution in [2.24, 2.45) is 0 Å². The number of carbonyl (C=O) groups excluding carboxylic acids is 1. The molecule has 24 heavy (non-hydrogen) atoms. The molecule has 3 rings (SSSR count). The number of nitriles is 1. The minimum absolute atomic E-state index is 0.0178. The lowest BCUT2D eigenvalue weighted by Crippen LogP contribution is -2.29. The molecule has 0 spiro atoms. The molecule has 0 aromatic carbocycles. The number of nitrogens with zero attached hydrogens (tertiary/aromatic N) is 5. The highest BCUT2D eigenvalue weighted by Crippen LogP contribution is 2.40. The van der Waals surface area contributed by atoms with E-state index in [0.717, 1.165) is 29.6 Å². The van der Waals surface area contributed by atoms with E-state index in [2.05, 4.69) is 10.2 Å². The number of furan rings is 1. The van der Waals surface area contributed by atoms with Crippen LogP contribution in [0.1, 0.15) is 36.8 Å². The van der Waals surface area contributed by atoms with Crippen LogP contribution in [0.3, 0.4) is 0 Å². The molecule has 126 valence electrons. The van der Waals surface area contributed by atoms with Crippen LogP contribution in [0.25, 0.3) is 0 Å². The normalized spacial score (nSPS) is 13.7. The Morgan fingerprint density at radius 2 is 2.38 bits per heavy atom. The number of amides is 1. The maximum atomic E-state index is 12.1. The van der Waals surface area contributed by atoms with E-state index < -0.39 is 0 Å². The zero-order valence-electron chi connectivity index (χ0n) is 13.5. The molecule has 1 fully saturated rings. The summed E-state index contributed by atoms with van der Waals surface area (Å²) in [6.07, 6.45) is 4.26. The van der Waals surface area contributed by atoms with E-state index >= 15 is 0 Å². The molecule has 0 N–H and O–H groups in total. The fraction of sp³-hybridized carbons (Fsp3) is 0.500. The van der Waals surface area contributed by atoms with Crippen LogP contribution in [0.2, 0.25) is 0 Å². The summed E-state index contributed by atoms with van der Waals surface area (Å²) < 4.78 is 7.48. The van der Waals surface area contributed by atoms with Crippen LogP contribution >= 0.6 is 11.8 Å². The summed E-state index contributed by atoms with van der Waals surface area (Å²) in [5, 5.41) is 17.9. The van der Waals surface area contributed by atoms with Crippen molar-refractivity contribution in [2.75, 3.05) is 19.3 Å². The van der Waals surface area contributed by atoms with E-state index in [-0.39, 0.29) is 11.7 Å². The summed E-state index contributed by atoms with van der Waals surface area (Å²) in [7, 11) is 1.71. The number of carbonyl (C=O) groups is 1. The van der Waals surface area contributed by atoms with Gasteiger partial charge in [-0.1, -0.05) is 11.8 Å². The Bertz CT molecular complexity index is 730. The molecule has 0 aliphatic heterocycles. The quantitative estimate of drug-likeness (QED) is 0.682. The third-order valence-corrected chi connectivity index (χ3v) is 4.84. The fourth-order valence-corrected chi connectivity index (χ4v) is 3.22. The van der Waals surface area contributed by atoms with Crippen molar-refractivity contribution in [2.45, 2.75) is 36.9 Å². The molecule has 1 amide bonds. The fourth-order valence-electron chi connectivity index (χ4n) is 2.34. The summed E-state index contributed by atoms with van der Waals surface area (Å²) >= 11 is 1.38. The van der Waals surface area contributed by atoms with Crippen LogP contribution in [0, 0.1) is 11.3 Å². The lowest BCUT2D eigenvalue weighted by atomic mass is 10.3. The molecule has 0 bridgehead atoms. The van der Waals surface area contributed by atoms with Gasteiger partial charge in [-0.05, 0) is 25.0 Å². The molecule has 8 heteroatoms. The number of aromatic nitrogens is 3. The van der Waals surface area contributed by atoms with E-state index in [1.807, 2.05) is 22.8 Å². The zero-order valence-corrected chi connectivity index (χ0v) is 14.3. The Morgan fingerprint density at radius 3 is 3.04 bits per heavy atom. The van der Waals surface area contributed by atoms with Gasteiger partial charge in [0.1, 0.15) is 11.6 Å². The second-order valence-electron chi connectivity index (χ2n) is 5.79. The molecule has 0 radical (unpaired) electrons. The molecule has 2 heterocycles. The van der Waals surface area contributed by atoms with Gasteiger partial charge in [-0.15, -0.1) is 10.2 Å². The van der Waals surface area contributed by atoms with Gasteiger partial charge >= 0.3 is 0 Å². The highest BCUT2D eigenvalue weighted by molar-refractivity contribution is 7.99. The molecule has 0 atom stereocenters. The second kappa shape index (κ2) is 7.53. The Labute approximate surface area is 144 Å². The van der Waals surface area contributed by atoms with E-state index in [9.17, 15) is 4.79 Å². The molecule has 0 saturated heterocycles. The van der Waals surface area contributed by atoms with Crippen molar-refractivity contribution in [3.8, 4) is 6.07 Å². The number of rotatable bonds is 8. The van der Waals surface area contributed by atoms with Crippen LogP contribution in [0.5, 0.6) is 0 Å². The number of hydrogen-bond acceptors (Lipinski definition) is 6. The van der Waals surface area contributed by atoms with E-state index in [1.165, 1.54) is 11.8 Å². The Hall–Kier alpha value is -2.27. The van der Waals surface area contributed by atoms with Crippen LogP contribution in [-0.4, -0.2) is 44.9 Å². The van der Waals surface area contributed by atoms with Crippen LogP contribution in [-0.2, 0) is 11.3 Å². The minimum Gasteiger partial charge on any atom is -0.467 e. The van der Waals surface area contributed by atoms with Crippen molar-refractivity contribution in [3.63, 3.8) is 0 Å². The Morgan fingerprint density at radius 1 is 1.54 bits per heavy atom. The monoisotopic (exact) mass is 345 g/mol. The summed E-state index contributed by atoms with van der Waals surface area (Å²) in [6, 6.07) is 5.83. The van der Waals surface area contributed by atoms with Gasteiger partial charge in [-0.25, -0.2) is 0 Å². The van der Waals surface area contributed by atoms with Crippen LogP contribution < -0.4 is 0 Å². The first-order chi connectivity index (χ1) is 11.7. The van der Waals surface area contributed by atoms with Crippen LogP contribution in [0.15, 0.2) is 28.0 Å². The predicted octanol–water partition coefficient (Wildman–Crippen LogP) is 2.26. The first-order valence-electron chi connectivity index (χ1n) is 7.88. The summed E-state index contributed by atoms with van der Waals surface area (Å²) in [5.41, 5.74) is 0. The molecular weight excluding hydrogens is 326 g/mol. The third kappa shape index (κ3) is 3.97. The molecule has 2 aromatic rings. The molecule has 7 nitrogen and oxygen atoms in total. The van der Waals surface area contributed by atoms with Crippen molar-refractivity contribution in [3.05, 3.63) is 30.0 Å². The highest BCUT2D eigenvalue weighted by atomic mass is 32.2. The third-order valence-electron chi connectivity index (χ3n) is 3.89. The van der Waals surface area contributed by atoms with E-state index in [4.69, 9.17) is 9.68 Å². The average Bonchev–Trinajstić information content (AvgIpc) is 3.15. The van der Waals surface area contributed by atoms with Gasteiger partial charge in [-0.2, -0.15) is 5.26 Å². The lowest BCUT2D eigenvalue weighted by Gasteiger charge is -2.15. The molecule has 2 aromatic heterocycles. The van der Waals surface area contributed by atoms with Crippen molar-refractivity contribution >= 4 is 17.7 Å². The van der Waals surface area contributed by atoms with Crippen molar-refractivity contribution in [1.82, 2.24) is 19.7 Å². The van der Waals surface area contributed by atoms with Gasteiger partial charge in [-0.3, -0.25) is 9.36 Å². The zero-order chi connectivity index (χ0) is 16.9. The standard InChI is InChI=1S/C16H19N5O2S/c1-20(8-3-7-17)14(22)11-24-16-19-18-15(12-5-6-12)21(16)10-13-4-2-9-23-13/h2,4,9,12H,3,5-6,8,10-11H2,1H3. The number of thioether (sulfide) groups is 1. The average molecular weight is 345 g/mol. The smallest absolute Gasteiger partial charge is 0.232 e. The van der Waals surface area contributed by atoms with E-state index in [1.54, 1.807) is 18.2 Å². The molecule has 1 aliphatic rings. The summed E-state index contributed by atoms with van der Waals surface area (Å²) in [5.74, 6) is 2.55. The SMILES string of the molecule is CN(CCC#N)C(=O)CSc1nnc(C2CC2)n1Cc1ccco1. The predicted molar refractivity (Wildman–Crippen MR) is 88.4 cm³/mol. The highest BCUT2D eigenvalue weighted by Gasteiger charge is 2.30. The Balaban J connectivity index is 1.67. The second-order valence-corrected chi connectivity index (χ2v) is 6.74. The molecular formula is C16H19N5O2S. The number of hydrogen-bond donors (Lipinski definition) is 0. The van der Waals surface area contributed by atoms with Crippen molar-refractivity contribution < 1.29 is 9.21 Å². The van der Waals surface area contributed by atoms with Gasteiger partial charge in [0.2, 0.25) is 5.91 Å². The molecule has 1 aliphatic carbocycles. The first-order valence-corrected chi connectivity index (χ1v) is 8.86. The molecule has 0 unspecified atom stereocenters. The summed E-state index contributed by atoms with van der Waals surface area (Å²) in [6.45, 7) is 1.02. The van der Waals surface area contributed by atoms with Gasteiger partial charge in [0.25, 0.3) is 0 Å². The molecule has 1 saturated carbocycles. The van der Waals surface area contributed by atoms with Crippen LogP contribution in [0.4, 0.5) is 0 Å². The minimum atomic E-state index is -0.0178. The maximum absolute atomic E-state index is 12.1. The maximum Gasteiger partial charge on any atom is 0.232 e.